The summed E-state index contributed by atoms with van der Waals surface area (Å²) in [4.78, 5) is 12.5. The number of hydrogen-bond donors (Lipinski definition) is 1. The Morgan fingerprint density at radius 1 is 0.931 bits per heavy atom. The molecular formula is C23H20Cl2O4. The topological polar surface area (TPSA) is 55.8 Å². The van der Waals surface area contributed by atoms with Crippen LogP contribution < -0.4 is 4.74 Å². The number of benzene rings is 3. The third kappa shape index (κ3) is 5.10. The minimum Gasteiger partial charge on any atom is -0.490 e. The Morgan fingerprint density at radius 2 is 1.48 bits per heavy atom. The van der Waals surface area contributed by atoms with Crippen molar-refractivity contribution < 1.29 is 19.4 Å². The van der Waals surface area contributed by atoms with Crippen LogP contribution in [-0.2, 0) is 4.74 Å². The maximum Gasteiger partial charge on any atom is 0.338 e. The van der Waals surface area contributed by atoms with Crippen molar-refractivity contribution in [1.29, 1.82) is 0 Å². The summed E-state index contributed by atoms with van der Waals surface area (Å²) in [5, 5.41) is 10.4. The fraction of sp³-hybridized carbons (Fsp3) is 0.174. The summed E-state index contributed by atoms with van der Waals surface area (Å²) >= 11 is 12.4. The van der Waals surface area contributed by atoms with Gasteiger partial charge in [-0.3, -0.25) is 0 Å². The van der Waals surface area contributed by atoms with Gasteiger partial charge < -0.3 is 14.6 Å². The van der Waals surface area contributed by atoms with E-state index >= 15 is 0 Å². The van der Waals surface area contributed by atoms with Gasteiger partial charge in [-0.15, -0.1) is 0 Å². The molecule has 150 valence electrons. The normalized spacial score (nSPS) is 10.6. The molecule has 0 saturated heterocycles. The number of halogens is 2. The molecule has 0 heterocycles. The number of rotatable bonds is 7. The Kier molecular flexibility index (Phi) is 7.15. The quantitative estimate of drug-likeness (QED) is 0.475. The summed E-state index contributed by atoms with van der Waals surface area (Å²) in [6, 6.07) is 18.0. The molecule has 6 heteroatoms. The van der Waals surface area contributed by atoms with E-state index < -0.39 is 5.97 Å². The zero-order valence-electron chi connectivity index (χ0n) is 15.8. The van der Waals surface area contributed by atoms with Crippen molar-refractivity contribution in [3.63, 3.8) is 0 Å². The van der Waals surface area contributed by atoms with Gasteiger partial charge in [0, 0.05) is 21.2 Å². The van der Waals surface area contributed by atoms with Crippen molar-refractivity contribution in [2.75, 3.05) is 19.8 Å². The lowest BCUT2D eigenvalue weighted by atomic mass is 9.94. The lowest BCUT2D eigenvalue weighted by Gasteiger charge is -2.18. The first-order valence-electron chi connectivity index (χ1n) is 9.14. The van der Waals surface area contributed by atoms with E-state index in [1.165, 1.54) is 0 Å². The second-order valence-electron chi connectivity index (χ2n) is 6.21. The van der Waals surface area contributed by atoms with E-state index in [0.717, 1.165) is 11.1 Å². The first-order valence-corrected chi connectivity index (χ1v) is 9.89. The van der Waals surface area contributed by atoms with E-state index in [2.05, 4.69) is 0 Å². The number of ether oxygens (including phenoxy) is 2. The average molecular weight is 431 g/mol. The molecule has 3 aromatic carbocycles. The standard InChI is InChI=1S/C23H20Cl2O4/c1-2-28-23(27)17-13-20(15-5-3-7-18(24)11-15)22(29-10-9-26)21(14-17)16-6-4-8-19(25)12-16/h3-8,11-14,26H,2,9-10H2,1H3. The van der Waals surface area contributed by atoms with Crippen LogP contribution in [0.3, 0.4) is 0 Å². The molecule has 0 aromatic heterocycles. The minimum atomic E-state index is -0.437. The molecule has 0 bridgehead atoms. The molecule has 0 radical (unpaired) electrons. The molecule has 0 unspecified atom stereocenters. The summed E-state index contributed by atoms with van der Waals surface area (Å²) < 4.78 is 11.1. The molecule has 0 spiro atoms. The summed E-state index contributed by atoms with van der Waals surface area (Å²) in [6.07, 6.45) is 0. The third-order valence-electron chi connectivity index (χ3n) is 4.21. The van der Waals surface area contributed by atoms with E-state index in [9.17, 15) is 9.90 Å². The number of aliphatic hydroxyl groups excluding tert-OH is 1. The van der Waals surface area contributed by atoms with E-state index in [1.807, 2.05) is 24.3 Å². The highest BCUT2D eigenvalue weighted by Gasteiger charge is 2.20. The van der Waals surface area contributed by atoms with Crippen molar-refractivity contribution in [2.24, 2.45) is 0 Å². The second-order valence-corrected chi connectivity index (χ2v) is 7.09. The molecule has 0 atom stereocenters. The SMILES string of the molecule is CCOC(=O)c1cc(-c2cccc(Cl)c2)c(OCCO)c(-c2cccc(Cl)c2)c1. The summed E-state index contributed by atoms with van der Waals surface area (Å²) in [7, 11) is 0. The van der Waals surface area contributed by atoms with Gasteiger partial charge in [0.05, 0.1) is 18.8 Å². The Balaban J connectivity index is 2.29. The molecule has 0 saturated carbocycles. The van der Waals surface area contributed by atoms with Crippen molar-refractivity contribution in [2.45, 2.75) is 6.92 Å². The van der Waals surface area contributed by atoms with E-state index in [-0.39, 0.29) is 19.8 Å². The molecule has 0 aliphatic carbocycles. The van der Waals surface area contributed by atoms with Crippen molar-refractivity contribution in [1.82, 2.24) is 0 Å². The lowest BCUT2D eigenvalue weighted by Crippen LogP contribution is -2.08. The van der Waals surface area contributed by atoms with Crippen LogP contribution in [0.15, 0.2) is 60.7 Å². The second kappa shape index (κ2) is 9.79. The lowest BCUT2D eigenvalue weighted by molar-refractivity contribution is 0.0526. The first-order chi connectivity index (χ1) is 14.0. The van der Waals surface area contributed by atoms with Gasteiger partial charge in [0.1, 0.15) is 12.4 Å². The Morgan fingerprint density at radius 3 is 1.93 bits per heavy atom. The fourth-order valence-electron chi connectivity index (χ4n) is 3.01. The third-order valence-corrected chi connectivity index (χ3v) is 4.68. The van der Waals surface area contributed by atoms with Crippen LogP contribution in [0.2, 0.25) is 10.0 Å². The monoisotopic (exact) mass is 430 g/mol. The van der Waals surface area contributed by atoms with Crippen molar-refractivity contribution in [3.05, 3.63) is 76.3 Å². The van der Waals surface area contributed by atoms with Gasteiger partial charge in [0.15, 0.2) is 0 Å². The maximum atomic E-state index is 12.5. The smallest absolute Gasteiger partial charge is 0.338 e. The number of carbonyl (C=O) groups excluding carboxylic acids is 1. The number of hydrogen-bond acceptors (Lipinski definition) is 4. The van der Waals surface area contributed by atoms with Gasteiger partial charge in [-0.05, 0) is 54.4 Å². The van der Waals surface area contributed by atoms with E-state index in [4.69, 9.17) is 32.7 Å². The Labute approximate surface area is 179 Å². The van der Waals surface area contributed by atoms with Gasteiger partial charge in [0.25, 0.3) is 0 Å². The first kappa shape index (κ1) is 21.2. The highest BCUT2D eigenvalue weighted by atomic mass is 35.5. The number of esters is 1. The number of carbonyl (C=O) groups is 1. The predicted molar refractivity (Wildman–Crippen MR) is 116 cm³/mol. The van der Waals surface area contributed by atoms with Gasteiger partial charge in [-0.1, -0.05) is 47.5 Å². The zero-order chi connectivity index (χ0) is 20.8. The molecule has 0 fully saturated rings. The fourth-order valence-corrected chi connectivity index (χ4v) is 3.39. The molecular weight excluding hydrogens is 411 g/mol. The Bertz CT molecular complexity index is 951. The number of aliphatic hydroxyl groups is 1. The van der Waals surface area contributed by atoms with Gasteiger partial charge in [0.2, 0.25) is 0 Å². The maximum absolute atomic E-state index is 12.5. The molecule has 0 aliphatic heterocycles. The zero-order valence-corrected chi connectivity index (χ0v) is 17.3. The van der Waals surface area contributed by atoms with Crippen molar-refractivity contribution >= 4 is 29.2 Å². The molecule has 3 rings (SSSR count). The molecule has 29 heavy (non-hydrogen) atoms. The van der Waals surface area contributed by atoms with Crippen LogP contribution in [0, 0.1) is 0 Å². The largest absolute Gasteiger partial charge is 0.490 e. The Hall–Kier alpha value is -2.53. The van der Waals surface area contributed by atoms with Gasteiger partial charge >= 0.3 is 5.97 Å². The van der Waals surface area contributed by atoms with Crippen LogP contribution in [0.1, 0.15) is 17.3 Å². The van der Waals surface area contributed by atoms with Crippen LogP contribution in [0.4, 0.5) is 0 Å². The van der Waals surface area contributed by atoms with E-state index in [0.29, 0.717) is 32.5 Å². The van der Waals surface area contributed by atoms with Crippen LogP contribution in [0.25, 0.3) is 22.3 Å². The highest BCUT2D eigenvalue weighted by molar-refractivity contribution is 6.31. The van der Waals surface area contributed by atoms with Crippen LogP contribution >= 0.6 is 23.2 Å². The molecule has 1 N–H and O–H groups in total. The predicted octanol–water partition coefficient (Wildman–Crippen LogP) is 5.88. The molecule has 3 aromatic rings. The van der Waals surface area contributed by atoms with Gasteiger partial charge in [-0.25, -0.2) is 4.79 Å². The molecule has 4 nitrogen and oxygen atoms in total. The van der Waals surface area contributed by atoms with Gasteiger partial charge in [-0.2, -0.15) is 0 Å². The summed E-state index contributed by atoms with van der Waals surface area (Å²) in [5.74, 6) is 0.0874. The van der Waals surface area contributed by atoms with E-state index in [1.54, 1.807) is 43.3 Å². The highest BCUT2D eigenvalue weighted by Crippen LogP contribution is 2.41. The summed E-state index contributed by atoms with van der Waals surface area (Å²) in [5.41, 5.74) is 3.27. The summed E-state index contributed by atoms with van der Waals surface area (Å²) in [6.45, 7) is 1.97. The van der Waals surface area contributed by atoms with Crippen molar-refractivity contribution in [3.8, 4) is 28.0 Å². The minimum absolute atomic E-state index is 0.0971. The molecule has 0 aliphatic rings. The van der Waals surface area contributed by atoms with Crippen LogP contribution in [-0.4, -0.2) is 30.9 Å². The average Bonchev–Trinajstić information content (AvgIpc) is 2.72. The van der Waals surface area contributed by atoms with Crippen LogP contribution in [0.5, 0.6) is 5.75 Å². The molecule has 0 amide bonds.